The van der Waals surface area contributed by atoms with Crippen LogP contribution in [0.5, 0.6) is 0 Å². The van der Waals surface area contributed by atoms with Crippen LogP contribution in [0.15, 0.2) is 32.6 Å². The van der Waals surface area contributed by atoms with Gasteiger partial charge in [-0.2, -0.15) is 0 Å². The Hall–Kier alpha value is -2.57. The Morgan fingerprint density at radius 1 is 1.12 bits per heavy atom. The zero-order valence-corrected chi connectivity index (χ0v) is 8.98. The summed E-state index contributed by atoms with van der Waals surface area (Å²) in [6.07, 6.45) is 0. The Labute approximate surface area is 94.5 Å². The molecule has 0 aliphatic carbocycles. The van der Waals surface area contributed by atoms with Gasteiger partial charge in [0.1, 0.15) is 0 Å². The molecule has 7 nitrogen and oxygen atoms in total. The molecule has 2 aromatic rings. The lowest BCUT2D eigenvalue weighted by Gasteiger charge is -2.05. The van der Waals surface area contributed by atoms with E-state index in [9.17, 15) is 14.4 Å². The lowest BCUT2D eigenvalue weighted by molar-refractivity contribution is 0.784. The van der Waals surface area contributed by atoms with E-state index >= 15 is 0 Å². The van der Waals surface area contributed by atoms with E-state index in [1.54, 1.807) is 19.1 Å². The summed E-state index contributed by atoms with van der Waals surface area (Å²) in [6.45, 7) is 1.80. The Morgan fingerprint density at radius 3 is 2.24 bits per heavy atom. The van der Waals surface area contributed by atoms with E-state index in [0.29, 0.717) is 11.4 Å². The molecule has 1 aromatic carbocycles. The fourth-order valence-corrected chi connectivity index (χ4v) is 1.43. The third kappa shape index (κ3) is 1.89. The van der Waals surface area contributed by atoms with Crippen molar-refractivity contribution in [3.63, 3.8) is 0 Å². The van der Waals surface area contributed by atoms with E-state index in [-0.39, 0.29) is 0 Å². The fourth-order valence-electron chi connectivity index (χ4n) is 1.43. The van der Waals surface area contributed by atoms with E-state index in [1.165, 1.54) is 6.07 Å². The van der Waals surface area contributed by atoms with E-state index in [1.807, 2.05) is 9.97 Å². The van der Waals surface area contributed by atoms with Crippen molar-refractivity contribution in [2.75, 3.05) is 5.73 Å². The molecule has 1 heterocycles. The monoisotopic (exact) mass is 234 g/mol. The molecule has 4 N–H and O–H groups in total. The molecular weight excluding hydrogens is 224 g/mol. The van der Waals surface area contributed by atoms with Crippen LogP contribution in [0.1, 0.15) is 5.56 Å². The SMILES string of the molecule is Cc1ccc(-n2c(=O)[nH]c(=O)[nH]c2=O)cc1N. The van der Waals surface area contributed by atoms with Crippen molar-refractivity contribution < 1.29 is 0 Å². The lowest BCUT2D eigenvalue weighted by Crippen LogP contribution is -2.42. The van der Waals surface area contributed by atoms with Crippen molar-refractivity contribution in [1.82, 2.24) is 14.5 Å². The van der Waals surface area contributed by atoms with Gasteiger partial charge in [0.05, 0.1) is 5.69 Å². The number of nitrogen functional groups attached to an aromatic ring is 1. The topological polar surface area (TPSA) is 114 Å². The standard InChI is InChI=1S/C10H10N4O3/c1-5-2-3-6(4-7(5)11)14-9(16)12-8(15)13-10(14)17/h2-4H,11H2,1H3,(H2,12,13,15,16,17). The number of benzene rings is 1. The second kappa shape index (κ2) is 3.78. The maximum absolute atomic E-state index is 11.5. The number of aromatic nitrogens is 3. The predicted octanol–water partition coefficient (Wildman–Crippen LogP) is -0.895. The second-order valence-electron chi connectivity index (χ2n) is 3.57. The Balaban J connectivity index is 2.78. The van der Waals surface area contributed by atoms with Crippen LogP contribution in [-0.2, 0) is 0 Å². The van der Waals surface area contributed by atoms with Gasteiger partial charge in [-0.25, -0.2) is 19.0 Å². The quantitative estimate of drug-likeness (QED) is 0.555. The average Bonchev–Trinajstić information content (AvgIpc) is 2.21. The van der Waals surface area contributed by atoms with Gasteiger partial charge in [0, 0.05) is 5.69 Å². The molecule has 0 fully saturated rings. The van der Waals surface area contributed by atoms with Crippen molar-refractivity contribution in [3.8, 4) is 5.69 Å². The zero-order chi connectivity index (χ0) is 12.6. The van der Waals surface area contributed by atoms with Crippen LogP contribution >= 0.6 is 0 Å². The summed E-state index contributed by atoms with van der Waals surface area (Å²) >= 11 is 0. The van der Waals surface area contributed by atoms with Gasteiger partial charge in [-0.05, 0) is 24.6 Å². The highest BCUT2D eigenvalue weighted by atomic mass is 16.2. The molecule has 0 amide bonds. The molecule has 88 valence electrons. The number of nitrogens with zero attached hydrogens (tertiary/aromatic N) is 1. The number of anilines is 1. The van der Waals surface area contributed by atoms with Gasteiger partial charge in [0.25, 0.3) is 0 Å². The number of aryl methyl sites for hydroxylation is 1. The molecule has 0 radical (unpaired) electrons. The number of aromatic amines is 2. The first-order valence-corrected chi connectivity index (χ1v) is 4.81. The van der Waals surface area contributed by atoms with Crippen LogP contribution in [0.2, 0.25) is 0 Å². The van der Waals surface area contributed by atoms with Gasteiger partial charge in [0.2, 0.25) is 0 Å². The number of hydrogen-bond donors (Lipinski definition) is 3. The number of rotatable bonds is 1. The maximum atomic E-state index is 11.5. The highest BCUT2D eigenvalue weighted by Crippen LogP contribution is 2.13. The summed E-state index contributed by atoms with van der Waals surface area (Å²) < 4.78 is 0.803. The van der Waals surface area contributed by atoms with Gasteiger partial charge in [-0.1, -0.05) is 6.07 Å². The average molecular weight is 234 g/mol. The first-order valence-electron chi connectivity index (χ1n) is 4.81. The molecule has 17 heavy (non-hydrogen) atoms. The van der Waals surface area contributed by atoms with Gasteiger partial charge in [0.15, 0.2) is 0 Å². The van der Waals surface area contributed by atoms with E-state index in [4.69, 9.17) is 5.73 Å². The Kier molecular flexibility index (Phi) is 2.43. The van der Waals surface area contributed by atoms with Crippen molar-refractivity contribution in [1.29, 1.82) is 0 Å². The largest absolute Gasteiger partial charge is 0.398 e. The number of nitrogens with two attached hydrogens (primary N) is 1. The third-order valence-corrected chi connectivity index (χ3v) is 2.37. The minimum absolute atomic E-state index is 0.301. The molecule has 0 bridgehead atoms. The summed E-state index contributed by atoms with van der Waals surface area (Å²) in [6, 6.07) is 4.74. The first kappa shape index (κ1) is 10.9. The predicted molar refractivity (Wildman–Crippen MR) is 62.4 cm³/mol. The van der Waals surface area contributed by atoms with Crippen LogP contribution in [0.3, 0.4) is 0 Å². The highest BCUT2D eigenvalue weighted by molar-refractivity contribution is 5.53. The van der Waals surface area contributed by atoms with Crippen LogP contribution in [-0.4, -0.2) is 14.5 Å². The summed E-state index contributed by atoms with van der Waals surface area (Å²) in [5.41, 5.74) is 4.84. The van der Waals surface area contributed by atoms with Crippen molar-refractivity contribution in [2.24, 2.45) is 0 Å². The normalized spacial score (nSPS) is 10.4. The van der Waals surface area contributed by atoms with Gasteiger partial charge >= 0.3 is 17.1 Å². The molecular formula is C10H10N4O3. The molecule has 0 saturated carbocycles. The van der Waals surface area contributed by atoms with Gasteiger partial charge in [-0.15, -0.1) is 0 Å². The number of nitrogens with one attached hydrogen (secondary N) is 2. The molecule has 1 aromatic heterocycles. The molecule has 0 atom stereocenters. The van der Waals surface area contributed by atoms with Crippen LogP contribution in [0, 0.1) is 6.92 Å². The molecule has 2 rings (SSSR count). The summed E-state index contributed by atoms with van der Waals surface area (Å²) in [7, 11) is 0. The molecule has 0 spiro atoms. The van der Waals surface area contributed by atoms with Crippen molar-refractivity contribution in [3.05, 3.63) is 55.2 Å². The van der Waals surface area contributed by atoms with Crippen LogP contribution in [0.25, 0.3) is 5.69 Å². The van der Waals surface area contributed by atoms with E-state index in [0.717, 1.165) is 10.1 Å². The van der Waals surface area contributed by atoms with Gasteiger partial charge in [-0.3, -0.25) is 9.97 Å². The van der Waals surface area contributed by atoms with Crippen LogP contribution in [0.4, 0.5) is 5.69 Å². The lowest BCUT2D eigenvalue weighted by atomic mass is 10.2. The summed E-state index contributed by atoms with van der Waals surface area (Å²) in [4.78, 5) is 37.8. The second-order valence-corrected chi connectivity index (χ2v) is 3.57. The van der Waals surface area contributed by atoms with Gasteiger partial charge < -0.3 is 5.73 Å². The summed E-state index contributed by atoms with van der Waals surface area (Å²) in [5.74, 6) is 0. The minimum Gasteiger partial charge on any atom is -0.398 e. The van der Waals surface area contributed by atoms with E-state index < -0.39 is 17.1 Å². The number of hydrogen-bond acceptors (Lipinski definition) is 4. The molecule has 0 aliphatic heterocycles. The van der Waals surface area contributed by atoms with Crippen molar-refractivity contribution >= 4 is 5.69 Å². The first-order chi connectivity index (χ1) is 7.99. The minimum atomic E-state index is -0.837. The Morgan fingerprint density at radius 2 is 1.71 bits per heavy atom. The molecule has 0 unspecified atom stereocenters. The third-order valence-electron chi connectivity index (χ3n) is 2.37. The number of H-pyrrole nitrogens is 2. The van der Waals surface area contributed by atoms with Crippen LogP contribution < -0.4 is 22.8 Å². The zero-order valence-electron chi connectivity index (χ0n) is 8.98. The summed E-state index contributed by atoms with van der Waals surface area (Å²) in [5, 5.41) is 0. The Bertz CT molecular complexity index is 704. The van der Waals surface area contributed by atoms with E-state index in [2.05, 4.69) is 0 Å². The smallest absolute Gasteiger partial charge is 0.338 e. The molecule has 7 heteroatoms. The molecule has 0 saturated heterocycles. The maximum Gasteiger partial charge on any atom is 0.338 e. The fraction of sp³-hybridized carbons (Fsp3) is 0.100. The highest BCUT2D eigenvalue weighted by Gasteiger charge is 2.06. The molecule has 0 aliphatic rings. The van der Waals surface area contributed by atoms with Crippen molar-refractivity contribution in [2.45, 2.75) is 6.92 Å².